The van der Waals surface area contributed by atoms with Gasteiger partial charge >= 0.3 is 0 Å². The Morgan fingerprint density at radius 3 is 2.79 bits per heavy atom. The molecule has 2 aromatic heterocycles. The highest BCUT2D eigenvalue weighted by Gasteiger charge is 2.51. The van der Waals surface area contributed by atoms with Gasteiger partial charge in [0, 0.05) is 38.1 Å². The van der Waals surface area contributed by atoms with Crippen LogP contribution in [0.25, 0.3) is 0 Å². The van der Waals surface area contributed by atoms with Crippen LogP contribution in [0.15, 0.2) is 36.8 Å². The monoisotopic (exact) mass is 383 g/mol. The van der Waals surface area contributed by atoms with Crippen LogP contribution < -0.4 is 5.32 Å². The van der Waals surface area contributed by atoms with E-state index in [4.69, 9.17) is 4.74 Å². The number of nitrogens with one attached hydrogen (secondary N) is 1. The van der Waals surface area contributed by atoms with Gasteiger partial charge in [-0.25, -0.2) is 0 Å². The lowest BCUT2D eigenvalue weighted by Crippen LogP contribution is -2.63. The molecule has 0 aromatic carbocycles. The summed E-state index contributed by atoms with van der Waals surface area (Å²) in [6, 6.07) is 5.53. The first-order valence-electron chi connectivity index (χ1n) is 9.69. The number of rotatable bonds is 6. The van der Waals surface area contributed by atoms with Crippen molar-refractivity contribution in [1.29, 1.82) is 0 Å². The molecule has 4 heterocycles. The molecular formula is C20H25N5O3. The summed E-state index contributed by atoms with van der Waals surface area (Å²) in [6.07, 6.45) is 6.50. The molecule has 2 amide bonds. The molecule has 28 heavy (non-hydrogen) atoms. The maximum absolute atomic E-state index is 12.5. The van der Waals surface area contributed by atoms with Crippen molar-refractivity contribution in [3.05, 3.63) is 48.0 Å². The fourth-order valence-corrected chi connectivity index (χ4v) is 3.93. The van der Waals surface area contributed by atoms with Gasteiger partial charge in [-0.2, -0.15) is 5.10 Å². The molecule has 8 heteroatoms. The molecule has 1 atom stereocenters. The van der Waals surface area contributed by atoms with Gasteiger partial charge in [-0.05, 0) is 43.0 Å². The zero-order valence-corrected chi connectivity index (χ0v) is 16.0. The van der Waals surface area contributed by atoms with Gasteiger partial charge in [-0.15, -0.1) is 0 Å². The van der Waals surface area contributed by atoms with E-state index in [0.717, 1.165) is 18.5 Å². The SMILES string of the molecule is CCn1ccc(C(=O)N2CC3(CC(CC(=O)NCc4ccncc4)CO3)C2)n1. The van der Waals surface area contributed by atoms with Crippen molar-refractivity contribution in [3.63, 3.8) is 0 Å². The molecule has 2 aliphatic rings. The van der Waals surface area contributed by atoms with Crippen molar-refractivity contribution in [1.82, 2.24) is 25.0 Å². The molecule has 2 fully saturated rings. The summed E-state index contributed by atoms with van der Waals surface area (Å²) in [7, 11) is 0. The van der Waals surface area contributed by atoms with Gasteiger partial charge in [0.15, 0.2) is 0 Å². The first-order valence-corrected chi connectivity index (χ1v) is 9.69. The molecule has 0 saturated carbocycles. The van der Waals surface area contributed by atoms with E-state index in [9.17, 15) is 9.59 Å². The molecule has 0 bridgehead atoms. The highest BCUT2D eigenvalue weighted by molar-refractivity contribution is 5.93. The largest absolute Gasteiger partial charge is 0.371 e. The number of carbonyl (C=O) groups is 2. The Morgan fingerprint density at radius 1 is 1.29 bits per heavy atom. The van der Waals surface area contributed by atoms with Crippen LogP contribution in [0.5, 0.6) is 0 Å². The summed E-state index contributed by atoms with van der Waals surface area (Å²) in [5.74, 6) is 0.161. The van der Waals surface area contributed by atoms with Crippen LogP contribution in [0.1, 0.15) is 35.8 Å². The molecule has 2 saturated heterocycles. The summed E-state index contributed by atoms with van der Waals surface area (Å²) in [6.45, 7) is 4.94. The van der Waals surface area contributed by atoms with E-state index < -0.39 is 0 Å². The van der Waals surface area contributed by atoms with Crippen molar-refractivity contribution in [2.75, 3.05) is 19.7 Å². The second kappa shape index (κ2) is 7.71. The predicted molar refractivity (Wildman–Crippen MR) is 101 cm³/mol. The Morgan fingerprint density at radius 2 is 2.07 bits per heavy atom. The van der Waals surface area contributed by atoms with Crippen LogP contribution in [0.4, 0.5) is 0 Å². The van der Waals surface area contributed by atoms with E-state index in [1.54, 1.807) is 28.0 Å². The van der Waals surface area contributed by atoms with E-state index in [2.05, 4.69) is 15.4 Å². The quantitative estimate of drug-likeness (QED) is 0.811. The van der Waals surface area contributed by atoms with Gasteiger partial charge in [-0.3, -0.25) is 19.3 Å². The van der Waals surface area contributed by atoms with E-state index >= 15 is 0 Å². The third-order valence-electron chi connectivity index (χ3n) is 5.43. The van der Waals surface area contributed by atoms with E-state index in [1.165, 1.54) is 0 Å². The van der Waals surface area contributed by atoms with E-state index in [1.807, 2.05) is 25.3 Å². The van der Waals surface area contributed by atoms with E-state index in [-0.39, 0.29) is 23.3 Å². The summed E-state index contributed by atoms with van der Waals surface area (Å²) in [5, 5.41) is 7.22. The predicted octanol–water partition coefficient (Wildman–Crippen LogP) is 1.24. The van der Waals surface area contributed by atoms with Crippen molar-refractivity contribution in [2.45, 2.75) is 38.5 Å². The minimum atomic E-state index is -0.293. The molecule has 2 aliphatic heterocycles. The molecule has 0 aliphatic carbocycles. The summed E-state index contributed by atoms with van der Waals surface area (Å²) in [4.78, 5) is 30.5. The van der Waals surface area contributed by atoms with E-state index in [0.29, 0.717) is 38.4 Å². The lowest BCUT2D eigenvalue weighted by Gasteiger charge is -2.46. The zero-order chi connectivity index (χ0) is 19.6. The van der Waals surface area contributed by atoms with Gasteiger partial charge in [0.25, 0.3) is 5.91 Å². The number of likely N-dealkylation sites (tertiary alicyclic amines) is 1. The zero-order valence-electron chi connectivity index (χ0n) is 16.0. The first kappa shape index (κ1) is 18.6. The minimum absolute atomic E-state index is 0.0276. The summed E-state index contributed by atoms with van der Waals surface area (Å²) < 4.78 is 7.73. The summed E-state index contributed by atoms with van der Waals surface area (Å²) in [5.41, 5.74) is 1.21. The number of aryl methyl sites for hydroxylation is 1. The number of ether oxygens (including phenoxy) is 1. The van der Waals surface area contributed by atoms with Gasteiger partial charge in [0.1, 0.15) is 11.3 Å². The Balaban J connectivity index is 1.22. The van der Waals surface area contributed by atoms with Gasteiger partial charge in [-0.1, -0.05) is 0 Å². The highest BCUT2D eigenvalue weighted by atomic mass is 16.5. The molecular weight excluding hydrogens is 358 g/mol. The summed E-state index contributed by atoms with van der Waals surface area (Å²) >= 11 is 0. The average molecular weight is 383 g/mol. The van der Waals surface area contributed by atoms with Crippen molar-refractivity contribution < 1.29 is 14.3 Å². The van der Waals surface area contributed by atoms with Crippen molar-refractivity contribution >= 4 is 11.8 Å². The number of carbonyl (C=O) groups excluding carboxylic acids is 2. The molecule has 0 radical (unpaired) electrons. The molecule has 1 spiro atoms. The maximum atomic E-state index is 12.5. The standard InChI is InChI=1S/C20H25N5O3/c1-2-25-8-5-17(23-25)19(27)24-13-20(14-24)10-16(12-28-20)9-18(26)22-11-15-3-6-21-7-4-15/h3-8,16H,2,9-14H2,1H3,(H,22,26). The number of hydrogen-bond donors (Lipinski definition) is 1. The van der Waals surface area contributed by atoms with Crippen LogP contribution in [-0.4, -0.2) is 56.8 Å². The molecule has 148 valence electrons. The smallest absolute Gasteiger partial charge is 0.274 e. The lowest BCUT2D eigenvalue weighted by molar-refractivity contribution is -0.122. The van der Waals surface area contributed by atoms with Crippen LogP contribution in [-0.2, 0) is 22.6 Å². The number of amides is 2. The number of hydrogen-bond acceptors (Lipinski definition) is 5. The van der Waals surface area contributed by atoms with Gasteiger partial charge in [0.05, 0.1) is 19.7 Å². The van der Waals surface area contributed by atoms with Crippen LogP contribution >= 0.6 is 0 Å². The first-order chi connectivity index (χ1) is 13.6. The fourth-order valence-electron chi connectivity index (χ4n) is 3.93. The Labute approximate surface area is 163 Å². The minimum Gasteiger partial charge on any atom is -0.371 e. The van der Waals surface area contributed by atoms with Gasteiger partial charge in [0.2, 0.25) is 5.91 Å². The van der Waals surface area contributed by atoms with Gasteiger partial charge < -0.3 is 15.0 Å². The molecule has 2 aromatic rings. The topological polar surface area (TPSA) is 89.4 Å². The Bertz CT molecular complexity index is 845. The third kappa shape index (κ3) is 3.91. The van der Waals surface area contributed by atoms with Crippen LogP contribution in [0.2, 0.25) is 0 Å². The second-order valence-corrected chi connectivity index (χ2v) is 7.62. The normalized spacial score (nSPS) is 20.2. The molecule has 8 nitrogen and oxygen atoms in total. The molecule has 1 N–H and O–H groups in total. The van der Waals surface area contributed by atoms with Crippen LogP contribution in [0.3, 0.4) is 0 Å². The Kier molecular flexibility index (Phi) is 5.13. The third-order valence-corrected chi connectivity index (χ3v) is 5.43. The van der Waals surface area contributed by atoms with Crippen molar-refractivity contribution in [3.8, 4) is 0 Å². The number of aromatic nitrogens is 3. The average Bonchev–Trinajstić information content (AvgIpc) is 3.33. The second-order valence-electron chi connectivity index (χ2n) is 7.62. The number of pyridine rings is 1. The Hall–Kier alpha value is -2.74. The fraction of sp³-hybridized carbons (Fsp3) is 0.500. The molecule has 1 unspecified atom stereocenters. The highest BCUT2D eigenvalue weighted by Crippen LogP contribution is 2.39. The molecule has 4 rings (SSSR count). The number of nitrogens with zero attached hydrogens (tertiary/aromatic N) is 4. The maximum Gasteiger partial charge on any atom is 0.274 e. The lowest BCUT2D eigenvalue weighted by atomic mass is 9.85. The van der Waals surface area contributed by atoms with Crippen molar-refractivity contribution in [2.24, 2.45) is 5.92 Å². The van der Waals surface area contributed by atoms with Crippen LogP contribution in [0, 0.1) is 5.92 Å².